The monoisotopic (exact) mass is 261 g/mol. The molecule has 0 unspecified atom stereocenters. The van der Waals surface area contributed by atoms with Gasteiger partial charge in [-0.2, -0.15) is 5.10 Å². The number of rotatable bonds is 6. The zero-order valence-electron chi connectivity index (χ0n) is 10.1. The topological polar surface area (TPSA) is 29.9 Å². The van der Waals surface area contributed by atoms with E-state index < -0.39 is 0 Å². The average Bonchev–Trinajstić information content (AvgIpc) is 2.78. The van der Waals surface area contributed by atoms with Gasteiger partial charge in [0.25, 0.3) is 0 Å². The molecule has 1 aromatic heterocycles. The summed E-state index contributed by atoms with van der Waals surface area (Å²) in [5, 5.41) is 8.14. The standard InChI is InChI=1S/C14H16ClN3/c1-12(15)7-16-8-14-9-17-18(11-14)10-13-5-3-2-4-6-13/h2-6,9,11,16H,1,7-8,10H2. The lowest BCUT2D eigenvalue weighted by Gasteiger charge is -2.01. The summed E-state index contributed by atoms with van der Waals surface area (Å²) in [4.78, 5) is 0. The summed E-state index contributed by atoms with van der Waals surface area (Å²) in [5.41, 5.74) is 2.39. The van der Waals surface area contributed by atoms with Crippen LogP contribution in [-0.4, -0.2) is 16.3 Å². The summed E-state index contributed by atoms with van der Waals surface area (Å²) in [6, 6.07) is 10.3. The minimum absolute atomic E-state index is 0.616. The highest BCUT2D eigenvalue weighted by Gasteiger charge is 1.99. The smallest absolute Gasteiger partial charge is 0.0659 e. The van der Waals surface area contributed by atoms with E-state index in [1.54, 1.807) is 0 Å². The predicted octanol–water partition coefficient (Wildman–Crippen LogP) is 2.77. The molecule has 0 amide bonds. The van der Waals surface area contributed by atoms with E-state index in [4.69, 9.17) is 11.6 Å². The Kier molecular flexibility index (Phi) is 4.56. The fourth-order valence-corrected chi connectivity index (χ4v) is 1.79. The molecule has 1 aromatic carbocycles. The van der Waals surface area contributed by atoms with Crippen LogP contribution in [0.5, 0.6) is 0 Å². The quantitative estimate of drug-likeness (QED) is 0.867. The summed E-state index contributed by atoms with van der Waals surface area (Å²) < 4.78 is 1.93. The van der Waals surface area contributed by atoms with Crippen LogP contribution in [0, 0.1) is 0 Å². The van der Waals surface area contributed by atoms with Gasteiger partial charge in [0.15, 0.2) is 0 Å². The lowest BCUT2D eigenvalue weighted by atomic mass is 10.2. The molecule has 3 nitrogen and oxygen atoms in total. The molecule has 4 heteroatoms. The third-order valence-corrected chi connectivity index (χ3v) is 2.65. The van der Waals surface area contributed by atoms with Crippen LogP contribution in [0.3, 0.4) is 0 Å². The molecule has 1 heterocycles. The summed E-state index contributed by atoms with van der Waals surface area (Å²) in [5.74, 6) is 0. The van der Waals surface area contributed by atoms with Crippen molar-refractivity contribution in [3.05, 3.63) is 65.5 Å². The van der Waals surface area contributed by atoms with Gasteiger partial charge in [0, 0.05) is 29.9 Å². The number of aromatic nitrogens is 2. The molecule has 0 fully saturated rings. The fraction of sp³-hybridized carbons (Fsp3) is 0.214. The van der Waals surface area contributed by atoms with Crippen LogP contribution in [-0.2, 0) is 13.1 Å². The van der Waals surface area contributed by atoms with E-state index in [1.165, 1.54) is 5.56 Å². The van der Waals surface area contributed by atoms with Gasteiger partial charge in [-0.05, 0) is 5.56 Å². The Balaban J connectivity index is 1.88. The van der Waals surface area contributed by atoms with Gasteiger partial charge in [-0.25, -0.2) is 0 Å². The first-order valence-corrected chi connectivity index (χ1v) is 6.21. The van der Waals surface area contributed by atoms with Gasteiger partial charge >= 0.3 is 0 Å². The van der Waals surface area contributed by atoms with E-state index in [1.807, 2.05) is 35.3 Å². The number of hydrogen-bond acceptors (Lipinski definition) is 2. The van der Waals surface area contributed by atoms with Crippen LogP contribution in [0.2, 0.25) is 0 Å². The second-order valence-electron chi connectivity index (χ2n) is 4.15. The second kappa shape index (κ2) is 6.38. The summed E-state index contributed by atoms with van der Waals surface area (Å²) >= 11 is 5.68. The van der Waals surface area contributed by atoms with Crippen molar-refractivity contribution in [2.75, 3.05) is 6.54 Å². The Bertz CT molecular complexity index is 505. The zero-order chi connectivity index (χ0) is 12.8. The van der Waals surface area contributed by atoms with Gasteiger partial charge in [0.2, 0.25) is 0 Å². The van der Waals surface area contributed by atoms with E-state index in [-0.39, 0.29) is 0 Å². The zero-order valence-corrected chi connectivity index (χ0v) is 10.9. The number of nitrogens with zero attached hydrogens (tertiary/aromatic N) is 2. The Morgan fingerprint density at radius 2 is 2.06 bits per heavy atom. The van der Waals surface area contributed by atoms with Crippen LogP contribution in [0.1, 0.15) is 11.1 Å². The van der Waals surface area contributed by atoms with Gasteiger partial charge < -0.3 is 5.32 Å². The third kappa shape index (κ3) is 4.02. The SMILES string of the molecule is C=C(Cl)CNCc1cnn(Cc2ccccc2)c1. The van der Waals surface area contributed by atoms with Crippen molar-refractivity contribution in [3.8, 4) is 0 Å². The van der Waals surface area contributed by atoms with Crippen LogP contribution in [0.15, 0.2) is 54.3 Å². The van der Waals surface area contributed by atoms with Crippen molar-refractivity contribution in [2.45, 2.75) is 13.1 Å². The molecule has 0 aliphatic carbocycles. The minimum atomic E-state index is 0.616. The maximum Gasteiger partial charge on any atom is 0.0659 e. The molecule has 18 heavy (non-hydrogen) atoms. The number of benzene rings is 1. The fourth-order valence-electron chi connectivity index (χ4n) is 1.70. The Hall–Kier alpha value is -1.58. The highest BCUT2D eigenvalue weighted by atomic mass is 35.5. The van der Waals surface area contributed by atoms with E-state index >= 15 is 0 Å². The first-order chi connectivity index (χ1) is 8.74. The van der Waals surface area contributed by atoms with Crippen LogP contribution in [0.25, 0.3) is 0 Å². The van der Waals surface area contributed by atoms with Crippen molar-refractivity contribution in [1.82, 2.24) is 15.1 Å². The van der Waals surface area contributed by atoms with Crippen LogP contribution < -0.4 is 5.32 Å². The molecule has 0 saturated heterocycles. The maximum atomic E-state index is 5.68. The minimum Gasteiger partial charge on any atom is -0.308 e. The molecule has 1 N–H and O–H groups in total. The molecule has 0 atom stereocenters. The largest absolute Gasteiger partial charge is 0.308 e. The first-order valence-electron chi connectivity index (χ1n) is 5.83. The maximum absolute atomic E-state index is 5.68. The lowest BCUT2D eigenvalue weighted by molar-refractivity contribution is 0.684. The number of hydrogen-bond donors (Lipinski definition) is 1. The molecular formula is C14H16ClN3. The Morgan fingerprint density at radius 1 is 1.28 bits per heavy atom. The lowest BCUT2D eigenvalue weighted by Crippen LogP contribution is -2.14. The van der Waals surface area contributed by atoms with Crippen molar-refractivity contribution >= 4 is 11.6 Å². The van der Waals surface area contributed by atoms with Crippen molar-refractivity contribution in [1.29, 1.82) is 0 Å². The average molecular weight is 262 g/mol. The first kappa shape index (κ1) is 12.9. The molecule has 2 aromatic rings. The van der Waals surface area contributed by atoms with Gasteiger partial charge in [-0.15, -0.1) is 0 Å². The highest BCUT2D eigenvalue weighted by Crippen LogP contribution is 2.04. The summed E-state index contributed by atoms with van der Waals surface area (Å²) in [7, 11) is 0. The van der Waals surface area contributed by atoms with Crippen LogP contribution in [0.4, 0.5) is 0 Å². The summed E-state index contributed by atoms with van der Waals surface area (Å²) in [6.07, 6.45) is 3.91. The molecular weight excluding hydrogens is 246 g/mol. The normalized spacial score (nSPS) is 10.5. The van der Waals surface area contributed by atoms with E-state index in [0.29, 0.717) is 11.6 Å². The molecule has 0 aliphatic heterocycles. The van der Waals surface area contributed by atoms with Crippen molar-refractivity contribution in [2.24, 2.45) is 0 Å². The Morgan fingerprint density at radius 3 is 2.78 bits per heavy atom. The molecule has 0 radical (unpaired) electrons. The number of halogens is 1. The highest BCUT2D eigenvalue weighted by molar-refractivity contribution is 6.29. The molecule has 0 saturated carbocycles. The van der Waals surface area contributed by atoms with E-state index in [2.05, 4.69) is 29.1 Å². The summed E-state index contributed by atoms with van der Waals surface area (Å²) in [6.45, 7) is 5.79. The molecule has 94 valence electrons. The molecule has 0 aliphatic rings. The third-order valence-electron chi connectivity index (χ3n) is 2.52. The van der Waals surface area contributed by atoms with Gasteiger partial charge in [0.1, 0.15) is 0 Å². The van der Waals surface area contributed by atoms with Gasteiger partial charge in [-0.1, -0.05) is 48.5 Å². The predicted molar refractivity (Wildman–Crippen MR) is 74.5 cm³/mol. The van der Waals surface area contributed by atoms with E-state index in [0.717, 1.165) is 18.7 Å². The van der Waals surface area contributed by atoms with E-state index in [9.17, 15) is 0 Å². The van der Waals surface area contributed by atoms with Crippen molar-refractivity contribution in [3.63, 3.8) is 0 Å². The number of nitrogens with one attached hydrogen (secondary N) is 1. The van der Waals surface area contributed by atoms with Gasteiger partial charge in [0.05, 0.1) is 12.7 Å². The van der Waals surface area contributed by atoms with Crippen molar-refractivity contribution < 1.29 is 0 Å². The van der Waals surface area contributed by atoms with Crippen LogP contribution >= 0.6 is 11.6 Å². The molecule has 2 rings (SSSR count). The Labute approximate surface area is 112 Å². The molecule has 0 bridgehead atoms. The molecule has 0 spiro atoms. The van der Waals surface area contributed by atoms with Gasteiger partial charge in [-0.3, -0.25) is 4.68 Å². The second-order valence-corrected chi connectivity index (χ2v) is 4.69.